The van der Waals surface area contributed by atoms with Gasteiger partial charge in [-0.1, -0.05) is 6.07 Å². The molecule has 2 heterocycles. The number of hydrogen-bond donors (Lipinski definition) is 1. The number of carbonyl (C=O) groups is 2. The maximum Gasteiger partial charge on any atom is 0.303 e. The monoisotopic (exact) mass is 314 g/mol. The van der Waals surface area contributed by atoms with Crippen LogP contribution < -0.4 is 0 Å². The smallest absolute Gasteiger partial charge is 0.303 e. The molecule has 1 aromatic heterocycles. The molecule has 122 valence electrons. The lowest BCUT2D eigenvalue weighted by Crippen LogP contribution is -2.44. The quantitative estimate of drug-likeness (QED) is 0.943. The Labute approximate surface area is 135 Å². The fraction of sp³-hybridized carbons (Fsp3) is 0.444. The lowest BCUT2D eigenvalue weighted by atomic mass is 9.96. The number of carboxylic acids is 1. The van der Waals surface area contributed by atoms with E-state index in [4.69, 9.17) is 5.11 Å². The Balaban J connectivity index is 1.88. The zero-order valence-corrected chi connectivity index (χ0v) is 13.4. The van der Waals surface area contributed by atoms with Gasteiger partial charge in [0, 0.05) is 48.7 Å². The molecule has 0 saturated carbocycles. The first-order valence-electron chi connectivity index (χ1n) is 8.14. The van der Waals surface area contributed by atoms with Crippen molar-refractivity contribution in [2.24, 2.45) is 7.05 Å². The predicted octanol–water partition coefficient (Wildman–Crippen LogP) is 3.04. The number of benzene rings is 1. The van der Waals surface area contributed by atoms with Crippen LogP contribution in [-0.4, -0.2) is 39.0 Å². The van der Waals surface area contributed by atoms with Gasteiger partial charge in [-0.25, -0.2) is 0 Å². The van der Waals surface area contributed by atoms with Crippen molar-refractivity contribution in [3.8, 4) is 0 Å². The van der Waals surface area contributed by atoms with Gasteiger partial charge in [0.2, 0.25) is 0 Å². The number of amides is 1. The van der Waals surface area contributed by atoms with Crippen molar-refractivity contribution in [3.05, 3.63) is 36.0 Å². The van der Waals surface area contributed by atoms with E-state index >= 15 is 0 Å². The minimum absolute atomic E-state index is 0.0249. The largest absolute Gasteiger partial charge is 0.481 e. The molecule has 1 fully saturated rings. The Morgan fingerprint density at radius 3 is 2.87 bits per heavy atom. The van der Waals surface area contributed by atoms with E-state index < -0.39 is 5.97 Å². The molecule has 1 amide bonds. The molecule has 1 atom stereocenters. The average molecular weight is 314 g/mol. The number of carbonyl (C=O) groups excluding carboxylic acids is 1. The summed E-state index contributed by atoms with van der Waals surface area (Å²) in [6.07, 6.45) is 5.54. The number of aliphatic carboxylic acids is 1. The minimum Gasteiger partial charge on any atom is -0.481 e. The molecule has 0 aliphatic carbocycles. The Hall–Kier alpha value is -2.30. The SMILES string of the molecule is Cn1ccc2c(C(=O)N3CCCC[C@H]3CCC(=O)O)cccc21. The molecule has 2 aromatic rings. The molecule has 1 aliphatic heterocycles. The fourth-order valence-electron chi connectivity index (χ4n) is 3.50. The van der Waals surface area contributed by atoms with Gasteiger partial charge in [-0.15, -0.1) is 0 Å². The number of aromatic nitrogens is 1. The molecule has 1 N–H and O–H groups in total. The summed E-state index contributed by atoms with van der Waals surface area (Å²) in [5.74, 6) is -0.773. The lowest BCUT2D eigenvalue weighted by Gasteiger charge is -2.36. The summed E-state index contributed by atoms with van der Waals surface area (Å²) in [5, 5.41) is 9.88. The van der Waals surface area contributed by atoms with Gasteiger partial charge in [-0.05, 0) is 43.9 Å². The molecule has 1 aliphatic rings. The summed E-state index contributed by atoms with van der Waals surface area (Å²) >= 11 is 0. The molecule has 5 heteroatoms. The molecule has 3 rings (SSSR count). The highest BCUT2D eigenvalue weighted by Crippen LogP contribution is 2.26. The molecule has 1 aromatic carbocycles. The standard InChI is InChI=1S/C18H22N2O3/c1-19-12-10-14-15(6-4-7-16(14)19)18(23)20-11-3-2-5-13(20)8-9-17(21)22/h4,6-7,10,12-13H,2-3,5,8-9,11H2,1H3,(H,21,22)/t13-/m0/s1. The van der Waals surface area contributed by atoms with Crippen LogP contribution in [0, 0.1) is 0 Å². The summed E-state index contributed by atoms with van der Waals surface area (Å²) in [6.45, 7) is 0.715. The first-order valence-corrected chi connectivity index (χ1v) is 8.14. The molecular formula is C18H22N2O3. The maximum atomic E-state index is 13.0. The van der Waals surface area contributed by atoms with Gasteiger partial charge in [0.25, 0.3) is 5.91 Å². The van der Waals surface area contributed by atoms with Crippen molar-refractivity contribution >= 4 is 22.8 Å². The number of aryl methyl sites for hydroxylation is 1. The molecule has 0 spiro atoms. The third-order valence-corrected chi connectivity index (χ3v) is 4.74. The van der Waals surface area contributed by atoms with Crippen molar-refractivity contribution in [2.45, 2.75) is 38.1 Å². The van der Waals surface area contributed by atoms with Crippen LogP contribution in [0.1, 0.15) is 42.5 Å². The highest BCUT2D eigenvalue weighted by Gasteiger charge is 2.28. The number of likely N-dealkylation sites (tertiary alicyclic amines) is 1. The van der Waals surface area contributed by atoms with E-state index in [1.807, 2.05) is 47.0 Å². The third-order valence-electron chi connectivity index (χ3n) is 4.74. The summed E-state index contributed by atoms with van der Waals surface area (Å²) in [6, 6.07) is 7.79. The molecule has 1 saturated heterocycles. The van der Waals surface area contributed by atoms with Crippen molar-refractivity contribution in [1.82, 2.24) is 9.47 Å². The lowest BCUT2D eigenvalue weighted by molar-refractivity contribution is -0.137. The van der Waals surface area contributed by atoms with Gasteiger partial charge >= 0.3 is 5.97 Å². The summed E-state index contributed by atoms with van der Waals surface area (Å²) in [4.78, 5) is 25.8. The Morgan fingerprint density at radius 1 is 1.26 bits per heavy atom. The second-order valence-electron chi connectivity index (χ2n) is 6.25. The second-order valence-corrected chi connectivity index (χ2v) is 6.25. The number of piperidine rings is 1. The fourth-order valence-corrected chi connectivity index (χ4v) is 3.50. The Morgan fingerprint density at radius 2 is 2.09 bits per heavy atom. The van der Waals surface area contributed by atoms with Gasteiger partial charge in [0.1, 0.15) is 0 Å². The maximum absolute atomic E-state index is 13.0. The van der Waals surface area contributed by atoms with Crippen molar-refractivity contribution in [3.63, 3.8) is 0 Å². The van der Waals surface area contributed by atoms with Crippen LogP contribution in [0.3, 0.4) is 0 Å². The van der Waals surface area contributed by atoms with Crippen LogP contribution in [0.15, 0.2) is 30.5 Å². The normalized spacial score (nSPS) is 18.3. The van der Waals surface area contributed by atoms with Gasteiger partial charge < -0.3 is 14.6 Å². The van der Waals surface area contributed by atoms with Crippen molar-refractivity contribution < 1.29 is 14.7 Å². The first kappa shape index (κ1) is 15.6. The average Bonchev–Trinajstić information content (AvgIpc) is 2.94. The number of hydrogen-bond acceptors (Lipinski definition) is 2. The number of carboxylic acid groups (broad SMARTS) is 1. The number of fused-ring (bicyclic) bond motifs is 1. The predicted molar refractivity (Wildman–Crippen MR) is 88.5 cm³/mol. The molecule has 5 nitrogen and oxygen atoms in total. The van der Waals surface area contributed by atoms with Crippen LogP contribution >= 0.6 is 0 Å². The van der Waals surface area contributed by atoms with E-state index in [0.717, 1.165) is 30.2 Å². The van der Waals surface area contributed by atoms with E-state index in [1.54, 1.807) is 0 Å². The van der Waals surface area contributed by atoms with Gasteiger partial charge in [0.15, 0.2) is 0 Å². The zero-order chi connectivity index (χ0) is 16.4. The minimum atomic E-state index is -0.798. The highest BCUT2D eigenvalue weighted by atomic mass is 16.4. The van der Waals surface area contributed by atoms with Crippen LogP contribution in [0.2, 0.25) is 0 Å². The van der Waals surface area contributed by atoms with E-state index in [-0.39, 0.29) is 18.4 Å². The van der Waals surface area contributed by atoms with Gasteiger partial charge in [-0.2, -0.15) is 0 Å². The van der Waals surface area contributed by atoms with E-state index in [0.29, 0.717) is 18.5 Å². The zero-order valence-electron chi connectivity index (χ0n) is 13.4. The van der Waals surface area contributed by atoms with Crippen LogP contribution in [-0.2, 0) is 11.8 Å². The molecular weight excluding hydrogens is 292 g/mol. The van der Waals surface area contributed by atoms with E-state index in [9.17, 15) is 9.59 Å². The van der Waals surface area contributed by atoms with Crippen LogP contribution in [0.5, 0.6) is 0 Å². The van der Waals surface area contributed by atoms with Gasteiger partial charge in [0.05, 0.1) is 0 Å². The molecule has 0 radical (unpaired) electrons. The van der Waals surface area contributed by atoms with Gasteiger partial charge in [-0.3, -0.25) is 9.59 Å². The second kappa shape index (κ2) is 6.44. The Bertz CT molecular complexity index is 735. The Kier molecular flexibility index (Phi) is 4.37. The molecule has 23 heavy (non-hydrogen) atoms. The van der Waals surface area contributed by atoms with Crippen molar-refractivity contribution in [1.29, 1.82) is 0 Å². The summed E-state index contributed by atoms with van der Waals surface area (Å²) in [7, 11) is 1.97. The van der Waals surface area contributed by atoms with Crippen LogP contribution in [0.25, 0.3) is 10.9 Å². The van der Waals surface area contributed by atoms with Crippen molar-refractivity contribution in [2.75, 3.05) is 6.54 Å². The topological polar surface area (TPSA) is 62.5 Å². The van der Waals surface area contributed by atoms with Crippen LogP contribution in [0.4, 0.5) is 0 Å². The number of rotatable bonds is 4. The number of nitrogens with zero attached hydrogens (tertiary/aromatic N) is 2. The van der Waals surface area contributed by atoms with E-state index in [1.165, 1.54) is 0 Å². The first-order chi connectivity index (χ1) is 11.1. The third kappa shape index (κ3) is 3.09. The highest BCUT2D eigenvalue weighted by molar-refractivity contribution is 6.06. The summed E-state index contributed by atoms with van der Waals surface area (Å²) in [5.41, 5.74) is 1.75. The molecule has 0 bridgehead atoms. The molecule has 0 unspecified atom stereocenters. The van der Waals surface area contributed by atoms with E-state index in [2.05, 4.69) is 0 Å². The summed E-state index contributed by atoms with van der Waals surface area (Å²) < 4.78 is 2.00.